The van der Waals surface area contributed by atoms with Gasteiger partial charge in [0.15, 0.2) is 6.61 Å². The van der Waals surface area contributed by atoms with Crippen LogP contribution in [0.4, 0.5) is 0 Å². The number of piperidine rings is 1. The molecule has 1 aromatic carbocycles. The molecule has 8 heteroatoms. The second-order valence-electron chi connectivity index (χ2n) is 5.73. The van der Waals surface area contributed by atoms with Gasteiger partial charge in [-0.15, -0.1) is 0 Å². The Balaban J connectivity index is 1.85. The maximum Gasteiger partial charge on any atom is 0.258 e. The summed E-state index contributed by atoms with van der Waals surface area (Å²) < 4.78 is 30.0. The fourth-order valence-corrected chi connectivity index (χ4v) is 3.69. The smallest absolute Gasteiger partial charge is 0.258 e. The van der Waals surface area contributed by atoms with E-state index in [2.05, 4.69) is 5.32 Å². The Hall–Kier alpha value is -1.31. The molecule has 1 aliphatic rings. The van der Waals surface area contributed by atoms with Crippen LogP contribution in [-0.2, 0) is 14.8 Å². The van der Waals surface area contributed by atoms with Crippen molar-refractivity contribution in [3.8, 4) is 5.75 Å². The van der Waals surface area contributed by atoms with Crippen molar-refractivity contribution < 1.29 is 17.9 Å². The minimum atomic E-state index is -3.22. The second-order valence-corrected chi connectivity index (χ2v) is 8.15. The molecule has 1 N–H and O–H groups in total. The molecule has 1 atom stereocenters. The van der Waals surface area contributed by atoms with Gasteiger partial charge >= 0.3 is 0 Å². The maximum atomic E-state index is 12.0. The first-order chi connectivity index (χ1) is 10.8. The Bertz CT molecular complexity index is 678. The quantitative estimate of drug-likeness (QED) is 0.864. The molecule has 0 aromatic heterocycles. The third-order valence-electron chi connectivity index (χ3n) is 3.71. The van der Waals surface area contributed by atoms with Crippen molar-refractivity contribution in [2.75, 3.05) is 26.0 Å². The average molecular weight is 361 g/mol. The summed E-state index contributed by atoms with van der Waals surface area (Å²) in [5.74, 6) is 0.339. The summed E-state index contributed by atoms with van der Waals surface area (Å²) >= 11 is 5.87. The third-order valence-corrected chi connectivity index (χ3v) is 5.22. The first-order valence-corrected chi connectivity index (χ1v) is 9.62. The maximum absolute atomic E-state index is 12.0. The second kappa shape index (κ2) is 7.51. The average Bonchev–Trinajstić information content (AvgIpc) is 2.45. The van der Waals surface area contributed by atoms with E-state index in [0.717, 1.165) is 18.4 Å². The molecular formula is C15H21ClN2O4S. The van der Waals surface area contributed by atoms with Crippen molar-refractivity contribution >= 4 is 27.5 Å². The summed E-state index contributed by atoms with van der Waals surface area (Å²) in [5, 5.41) is 3.44. The van der Waals surface area contributed by atoms with Crippen molar-refractivity contribution in [2.24, 2.45) is 0 Å². The lowest BCUT2D eigenvalue weighted by Gasteiger charge is -2.31. The molecule has 0 bridgehead atoms. The van der Waals surface area contributed by atoms with Crippen LogP contribution in [0.3, 0.4) is 0 Å². The van der Waals surface area contributed by atoms with Gasteiger partial charge in [-0.1, -0.05) is 11.6 Å². The van der Waals surface area contributed by atoms with E-state index in [4.69, 9.17) is 16.3 Å². The highest BCUT2D eigenvalue weighted by atomic mass is 35.5. The van der Waals surface area contributed by atoms with E-state index in [-0.39, 0.29) is 18.6 Å². The fraction of sp³-hybridized carbons (Fsp3) is 0.533. The van der Waals surface area contributed by atoms with Crippen molar-refractivity contribution in [2.45, 2.75) is 25.8 Å². The molecule has 1 aliphatic heterocycles. The lowest BCUT2D eigenvalue weighted by molar-refractivity contribution is -0.124. The van der Waals surface area contributed by atoms with Gasteiger partial charge in [0.05, 0.1) is 6.26 Å². The topological polar surface area (TPSA) is 75.7 Å². The zero-order valence-corrected chi connectivity index (χ0v) is 14.8. The lowest BCUT2D eigenvalue weighted by atomic mass is 10.1. The highest BCUT2D eigenvalue weighted by Crippen LogP contribution is 2.21. The van der Waals surface area contributed by atoms with E-state index in [1.165, 1.54) is 10.6 Å². The normalized spacial score (nSPS) is 19.3. The number of rotatable bonds is 5. The Morgan fingerprint density at radius 2 is 2.22 bits per heavy atom. The molecule has 1 saturated heterocycles. The fourth-order valence-electron chi connectivity index (χ4n) is 2.55. The van der Waals surface area contributed by atoms with Gasteiger partial charge in [0.1, 0.15) is 5.75 Å². The van der Waals surface area contributed by atoms with Gasteiger partial charge in [-0.2, -0.15) is 0 Å². The largest absolute Gasteiger partial charge is 0.484 e. The van der Waals surface area contributed by atoms with E-state index < -0.39 is 10.0 Å². The number of nitrogens with one attached hydrogen (secondary N) is 1. The molecule has 0 saturated carbocycles. The van der Waals surface area contributed by atoms with Crippen LogP contribution in [-0.4, -0.2) is 50.6 Å². The van der Waals surface area contributed by atoms with E-state index in [0.29, 0.717) is 23.9 Å². The van der Waals surface area contributed by atoms with Crippen molar-refractivity contribution in [1.82, 2.24) is 9.62 Å². The van der Waals surface area contributed by atoms with Gasteiger partial charge in [0.25, 0.3) is 5.91 Å². The number of aryl methyl sites for hydroxylation is 1. The van der Waals surface area contributed by atoms with Crippen LogP contribution >= 0.6 is 11.6 Å². The number of amides is 1. The van der Waals surface area contributed by atoms with Gasteiger partial charge < -0.3 is 10.1 Å². The molecule has 1 fully saturated rings. The van der Waals surface area contributed by atoms with Crippen LogP contribution < -0.4 is 10.1 Å². The SMILES string of the molecule is Cc1cc(Cl)ccc1OCC(=O)NC1CCCN(S(C)(=O)=O)C1. The minimum Gasteiger partial charge on any atom is -0.484 e. The summed E-state index contributed by atoms with van der Waals surface area (Å²) in [5.41, 5.74) is 0.853. The first kappa shape index (κ1) is 18.0. The van der Waals surface area contributed by atoms with Gasteiger partial charge in [-0.05, 0) is 43.5 Å². The molecule has 1 amide bonds. The Morgan fingerprint density at radius 3 is 2.87 bits per heavy atom. The molecule has 1 unspecified atom stereocenters. The zero-order chi connectivity index (χ0) is 17.0. The van der Waals surface area contributed by atoms with E-state index in [9.17, 15) is 13.2 Å². The Labute approximate surface area is 141 Å². The highest BCUT2D eigenvalue weighted by Gasteiger charge is 2.26. The molecule has 0 spiro atoms. The number of ether oxygens (including phenoxy) is 1. The summed E-state index contributed by atoms with van der Waals surface area (Å²) in [6.45, 7) is 2.55. The minimum absolute atomic E-state index is 0.113. The number of hydrogen-bond donors (Lipinski definition) is 1. The van der Waals surface area contributed by atoms with Crippen molar-refractivity contribution in [3.63, 3.8) is 0 Å². The third kappa shape index (κ3) is 5.37. The monoisotopic (exact) mass is 360 g/mol. The highest BCUT2D eigenvalue weighted by molar-refractivity contribution is 7.88. The van der Waals surface area contributed by atoms with Crippen LogP contribution in [0.2, 0.25) is 5.02 Å². The predicted octanol–water partition coefficient (Wildman–Crippen LogP) is 1.57. The van der Waals surface area contributed by atoms with Crippen LogP contribution in [0.1, 0.15) is 18.4 Å². The number of sulfonamides is 1. The zero-order valence-electron chi connectivity index (χ0n) is 13.2. The molecule has 1 aromatic rings. The first-order valence-electron chi connectivity index (χ1n) is 7.39. The van der Waals surface area contributed by atoms with E-state index in [1.54, 1.807) is 18.2 Å². The molecule has 128 valence electrons. The molecule has 6 nitrogen and oxygen atoms in total. The molecule has 23 heavy (non-hydrogen) atoms. The van der Waals surface area contributed by atoms with Crippen LogP contribution in [0.25, 0.3) is 0 Å². The Morgan fingerprint density at radius 1 is 1.48 bits per heavy atom. The van der Waals surface area contributed by atoms with Crippen molar-refractivity contribution in [3.05, 3.63) is 28.8 Å². The number of benzene rings is 1. The lowest BCUT2D eigenvalue weighted by Crippen LogP contribution is -2.50. The summed E-state index contributed by atoms with van der Waals surface area (Å²) in [6.07, 6.45) is 2.68. The number of carbonyl (C=O) groups is 1. The predicted molar refractivity (Wildman–Crippen MR) is 89.3 cm³/mol. The van der Waals surface area contributed by atoms with Gasteiger partial charge in [-0.25, -0.2) is 12.7 Å². The number of nitrogens with zero attached hydrogens (tertiary/aromatic N) is 1. The number of hydrogen-bond acceptors (Lipinski definition) is 4. The Kier molecular flexibility index (Phi) is 5.89. The number of carbonyl (C=O) groups excluding carboxylic acids is 1. The molecule has 2 rings (SSSR count). The standard InChI is InChI=1S/C15H21ClN2O4S/c1-11-8-12(16)5-6-14(11)22-10-15(19)17-13-4-3-7-18(9-13)23(2,20)21/h5-6,8,13H,3-4,7,9-10H2,1-2H3,(H,17,19). The molecule has 0 radical (unpaired) electrons. The summed E-state index contributed by atoms with van der Waals surface area (Å²) in [6, 6.07) is 5.00. The van der Waals surface area contributed by atoms with Crippen LogP contribution in [0.5, 0.6) is 5.75 Å². The molecule has 0 aliphatic carbocycles. The van der Waals surface area contributed by atoms with E-state index >= 15 is 0 Å². The summed E-state index contributed by atoms with van der Waals surface area (Å²) in [7, 11) is -3.22. The molecule has 1 heterocycles. The van der Waals surface area contributed by atoms with Crippen molar-refractivity contribution in [1.29, 1.82) is 0 Å². The van der Waals surface area contributed by atoms with Gasteiger partial charge in [-0.3, -0.25) is 4.79 Å². The number of halogens is 1. The van der Waals surface area contributed by atoms with Crippen LogP contribution in [0.15, 0.2) is 18.2 Å². The van der Waals surface area contributed by atoms with Gasteiger partial charge in [0, 0.05) is 24.2 Å². The molecular weight excluding hydrogens is 340 g/mol. The van der Waals surface area contributed by atoms with Gasteiger partial charge in [0.2, 0.25) is 10.0 Å². The van der Waals surface area contributed by atoms with E-state index in [1.807, 2.05) is 6.92 Å². The summed E-state index contributed by atoms with van der Waals surface area (Å²) in [4.78, 5) is 12.0. The van der Waals surface area contributed by atoms with Crippen LogP contribution in [0, 0.1) is 6.92 Å².